The molecule has 6 heteroatoms. The Morgan fingerprint density at radius 3 is 2.50 bits per heavy atom. The Labute approximate surface area is 89.7 Å². The molecule has 0 amide bonds. The maximum absolute atomic E-state index is 11.7. The summed E-state index contributed by atoms with van der Waals surface area (Å²) in [6, 6.07) is 5.25. The average molecular weight is 218 g/mol. The SMILES string of the molecule is O=C(c1ccc([N+](=O)[O-])cc1)c1ncco1. The highest BCUT2D eigenvalue weighted by Crippen LogP contribution is 2.14. The second-order valence-electron chi connectivity index (χ2n) is 2.97. The third kappa shape index (κ3) is 1.81. The summed E-state index contributed by atoms with van der Waals surface area (Å²) in [5.41, 5.74) is 0.233. The molecule has 2 rings (SSSR count). The van der Waals surface area contributed by atoms with E-state index >= 15 is 0 Å². The van der Waals surface area contributed by atoms with Gasteiger partial charge in [-0.1, -0.05) is 0 Å². The second-order valence-corrected chi connectivity index (χ2v) is 2.97. The number of hydrogen-bond acceptors (Lipinski definition) is 5. The summed E-state index contributed by atoms with van der Waals surface area (Å²) < 4.78 is 4.83. The van der Waals surface area contributed by atoms with Gasteiger partial charge in [0.1, 0.15) is 6.26 Å². The van der Waals surface area contributed by atoms with Crippen LogP contribution >= 0.6 is 0 Å². The van der Waals surface area contributed by atoms with E-state index in [9.17, 15) is 14.9 Å². The maximum atomic E-state index is 11.7. The van der Waals surface area contributed by atoms with E-state index in [1.165, 1.54) is 36.7 Å². The summed E-state index contributed by atoms with van der Waals surface area (Å²) >= 11 is 0. The van der Waals surface area contributed by atoms with Crippen molar-refractivity contribution in [2.75, 3.05) is 0 Å². The van der Waals surface area contributed by atoms with Gasteiger partial charge >= 0.3 is 0 Å². The predicted octanol–water partition coefficient (Wildman–Crippen LogP) is 1.81. The molecule has 1 aromatic heterocycles. The molecular formula is C10H6N2O4. The summed E-state index contributed by atoms with van der Waals surface area (Å²) in [5, 5.41) is 10.4. The molecule has 0 N–H and O–H groups in total. The molecule has 0 aliphatic rings. The minimum absolute atomic E-state index is 0.0335. The monoisotopic (exact) mass is 218 g/mol. The minimum Gasteiger partial charge on any atom is -0.442 e. The molecule has 0 radical (unpaired) electrons. The number of nitro benzene ring substituents is 1. The number of nitro groups is 1. The molecule has 0 spiro atoms. The third-order valence-corrected chi connectivity index (χ3v) is 1.97. The zero-order valence-electron chi connectivity index (χ0n) is 7.99. The number of rotatable bonds is 3. The van der Waals surface area contributed by atoms with Gasteiger partial charge in [-0.3, -0.25) is 14.9 Å². The van der Waals surface area contributed by atoms with E-state index in [1.54, 1.807) is 0 Å². The fourth-order valence-corrected chi connectivity index (χ4v) is 1.19. The van der Waals surface area contributed by atoms with E-state index in [4.69, 9.17) is 4.42 Å². The van der Waals surface area contributed by atoms with Crippen molar-refractivity contribution >= 4 is 11.5 Å². The van der Waals surface area contributed by atoms with Crippen molar-refractivity contribution in [3.8, 4) is 0 Å². The van der Waals surface area contributed by atoms with Gasteiger partial charge in [0, 0.05) is 17.7 Å². The largest absolute Gasteiger partial charge is 0.442 e. The summed E-state index contributed by atoms with van der Waals surface area (Å²) in [5.74, 6) is -0.436. The van der Waals surface area contributed by atoms with E-state index in [2.05, 4.69) is 4.98 Å². The molecule has 0 aliphatic carbocycles. The van der Waals surface area contributed by atoms with Crippen LogP contribution in [0.25, 0.3) is 0 Å². The number of ketones is 1. The van der Waals surface area contributed by atoms with Gasteiger partial charge in [0.2, 0.25) is 5.78 Å². The second kappa shape index (κ2) is 3.93. The Morgan fingerprint density at radius 2 is 2.00 bits per heavy atom. The Kier molecular flexibility index (Phi) is 2.47. The highest BCUT2D eigenvalue weighted by molar-refractivity contribution is 6.05. The van der Waals surface area contributed by atoms with Crippen LogP contribution in [0.2, 0.25) is 0 Å². The van der Waals surface area contributed by atoms with Gasteiger partial charge in [0.05, 0.1) is 11.1 Å². The maximum Gasteiger partial charge on any atom is 0.269 e. The molecule has 1 heterocycles. The number of nitrogens with zero attached hydrogens (tertiary/aromatic N) is 2. The Balaban J connectivity index is 2.29. The lowest BCUT2D eigenvalue weighted by Crippen LogP contribution is -2.01. The standard InChI is InChI=1S/C10H6N2O4/c13-9(10-11-5-6-16-10)7-1-3-8(4-2-7)12(14)15/h1-6H. The van der Waals surface area contributed by atoms with Gasteiger partial charge < -0.3 is 4.42 Å². The zero-order valence-corrected chi connectivity index (χ0v) is 7.99. The van der Waals surface area contributed by atoms with Gasteiger partial charge in [-0.25, -0.2) is 4.98 Å². The molecule has 0 saturated carbocycles. The number of non-ortho nitro benzene ring substituents is 1. The van der Waals surface area contributed by atoms with Crippen LogP contribution in [0.3, 0.4) is 0 Å². The minimum atomic E-state index is -0.528. The van der Waals surface area contributed by atoms with Gasteiger partial charge in [0.15, 0.2) is 0 Å². The molecule has 0 aliphatic heterocycles. The molecule has 16 heavy (non-hydrogen) atoms. The van der Waals surface area contributed by atoms with Crippen LogP contribution in [-0.2, 0) is 0 Å². The van der Waals surface area contributed by atoms with Crippen LogP contribution in [0.15, 0.2) is 41.1 Å². The van der Waals surface area contributed by atoms with Gasteiger partial charge in [-0.2, -0.15) is 0 Å². The lowest BCUT2D eigenvalue weighted by Gasteiger charge is -1.95. The van der Waals surface area contributed by atoms with Crippen molar-refractivity contribution in [1.29, 1.82) is 0 Å². The number of benzene rings is 1. The predicted molar refractivity (Wildman–Crippen MR) is 53.0 cm³/mol. The summed E-state index contributed by atoms with van der Waals surface area (Å²) in [7, 11) is 0. The van der Waals surface area contributed by atoms with Crippen LogP contribution in [0.4, 0.5) is 5.69 Å². The quantitative estimate of drug-likeness (QED) is 0.445. The highest BCUT2D eigenvalue weighted by Gasteiger charge is 2.14. The van der Waals surface area contributed by atoms with Crippen molar-refractivity contribution in [3.05, 3.63) is 58.3 Å². The average Bonchev–Trinajstić information content (AvgIpc) is 2.81. The summed E-state index contributed by atoms with van der Waals surface area (Å²) in [4.78, 5) is 25.2. The highest BCUT2D eigenvalue weighted by atomic mass is 16.6. The summed E-state index contributed by atoms with van der Waals surface area (Å²) in [6.45, 7) is 0. The molecule has 2 aromatic rings. The molecular weight excluding hydrogens is 212 g/mol. The normalized spacial score (nSPS) is 10.0. The molecule has 0 fully saturated rings. The van der Waals surface area contributed by atoms with Gasteiger partial charge in [0.25, 0.3) is 11.6 Å². The molecule has 80 valence electrons. The number of hydrogen-bond donors (Lipinski definition) is 0. The van der Waals surface area contributed by atoms with Crippen LogP contribution in [0.1, 0.15) is 16.2 Å². The van der Waals surface area contributed by atoms with Crippen molar-refractivity contribution in [1.82, 2.24) is 4.98 Å². The lowest BCUT2D eigenvalue weighted by atomic mass is 10.1. The smallest absolute Gasteiger partial charge is 0.269 e. The van der Waals surface area contributed by atoms with Crippen LogP contribution < -0.4 is 0 Å². The van der Waals surface area contributed by atoms with E-state index in [0.717, 1.165) is 0 Å². The van der Waals surface area contributed by atoms with Crippen LogP contribution in [0.5, 0.6) is 0 Å². The Morgan fingerprint density at radius 1 is 1.31 bits per heavy atom. The molecule has 0 unspecified atom stereocenters. The number of oxazole rings is 1. The molecule has 0 bridgehead atoms. The fraction of sp³-hybridized carbons (Fsp3) is 0. The first-order valence-electron chi connectivity index (χ1n) is 4.37. The van der Waals surface area contributed by atoms with Crippen molar-refractivity contribution in [2.45, 2.75) is 0 Å². The van der Waals surface area contributed by atoms with Crippen molar-refractivity contribution in [2.24, 2.45) is 0 Å². The number of carbonyl (C=O) groups excluding carboxylic acids is 1. The van der Waals surface area contributed by atoms with Crippen LogP contribution in [-0.4, -0.2) is 15.7 Å². The van der Waals surface area contributed by atoms with E-state index in [1.807, 2.05) is 0 Å². The Bertz CT molecular complexity index is 516. The first-order chi connectivity index (χ1) is 7.68. The first kappa shape index (κ1) is 10.0. The first-order valence-corrected chi connectivity index (χ1v) is 4.37. The van der Waals surface area contributed by atoms with Crippen molar-refractivity contribution < 1.29 is 14.1 Å². The lowest BCUT2D eigenvalue weighted by molar-refractivity contribution is -0.384. The third-order valence-electron chi connectivity index (χ3n) is 1.97. The van der Waals surface area contributed by atoms with Gasteiger partial charge in [-0.05, 0) is 12.1 Å². The van der Waals surface area contributed by atoms with E-state index < -0.39 is 10.7 Å². The molecule has 6 nitrogen and oxygen atoms in total. The topological polar surface area (TPSA) is 86.2 Å². The number of carbonyl (C=O) groups is 1. The van der Waals surface area contributed by atoms with Crippen LogP contribution in [0, 0.1) is 10.1 Å². The number of aromatic nitrogens is 1. The van der Waals surface area contributed by atoms with Gasteiger partial charge in [-0.15, -0.1) is 0 Å². The summed E-state index contributed by atoms with van der Waals surface area (Å²) in [6.07, 6.45) is 2.65. The molecule has 1 aromatic carbocycles. The zero-order chi connectivity index (χ0) is 11.5. The molecule has 0 saturated heterocycles. The van der Waals surface area contributed by atoms with Crippen molar-refractivity contribution in [3.63, 3.8) is 0 Å². The van der Waals surface area contributed by atoms with E-state index in [-0.39, 0.29) is 11.6 Å². The fourth-order valence-electron chi connectivity index (χ4n) is 1.19. The molecule has 0 atom stereocenters. The van der Waals surface area contributed by atoms with E-state index in [0.29, 0.717) is 5.56 Å². The Hall–Kier alpha value is -2.50.